The topological polar surface area (TPSA) is 58.6 Å². The van der Waals surface area contributed by atoms with Gasteiger partial charge in [-0.05, 0) is 49.8 Å². The molecule has 1 aromatic rings. The fraction of sp³-hybridized carbons (Fsp3) is 0.562. The van der Waals surface area contributed by atoms with Gasteiger partial charge in [-0.1, -0.05) is 12.1 Å². The summed E-state index contributed by atoms with van der Waals surface area (Å²) in [5.74, 6) is 1.24. The first kappa shape index (κ1) is 14.9. The summed E-state index contributed by atoms with van der Waals surface area (Å²) in [5.41, 5.74) is 1.15. The number of hydrogen-bond donors (Lipinski definition) is 2. The van der Waals surface area contributed by atoms with E-state index in [2.05, 4.69) is 5.32 Å². The molecule has 0 aliphatic heterocycles. The molecule has 2 atom stereocenters. The van der Waals surface area contributed by atoms with Crippen LogP contribution in [-0.2, 0) is 4.79 Å². The molecule has 1 amide bonds. The van der Waals surface area contributed by atoms with E-state index < -0.39 is 0 Å². The molecule has 1 aromatic carbocycles. The molecule has 4 heteroatoms. The van der Waals surface area contributed by atoms with Gasteiger partial charge in [0.15, 0.2) is 0 Å². The molecule has 0 spiro atoms. The number of carbonyl (C=O) groups is 1. The Morgan fingerprint density at radius 1 is 1.45 bits per heavy atom. The van der Waals surface area contributed by atoms with Crippen molar-refractivity contribution in [3.8, 4) is 5.75 Å². The Morgan fingerprint density at radius 2 is 2.30 bits per heavy atom. The van der Waals surface area contributed by atoms with E-state index in [4.69, 9.17) is 4.74 Å². The fourth-order valence-electron chi connectivity index (χ4n) is 2.55. The van der Waals surface area contributed by atoms with E-state index in [1.54, 1.807) is 0 Å². The maximum Gasteiger partial charge on any atom is 0.223 e. The summed E-state index contributed by atoms with van der Waals surface area (Å²) in [5, 5.41) is 12.3. The lowest BCUT2D eigenvalue weighted by molar-refractivity contribution is -0.121. The van der Waals surface area contributed by atoms with Gasteiger partial charge in [0.2, 0.25) is 5.91 Å². The van der Waals surface area contributed by atoms with Crippen LogP contribution >= 0.6 is 0 Å². The van der Waals surface area contributed by atoms with Crippen molar-refractivity contribution >= 4 is 5.91 Å². The Bertz CT molecular complexity index is 447. The SMILES string of the molecule is Cc1cccc(OCCC(=O)NCC2CCC(O)C2)c1. The zero-order valence-corrected chi connectivity index (χ0v) is 12.0. The van der Waals surface area contributed by atoms with Crippen LogP contribution in [0.25, 0.3) is 0 Å². The van der Waals surface area contributed by atoms with Crippen molar-refractivity contribution in [2.75, 3.05) is 13.2 Å². The van der Waals surface area contributed by atoms with Crippen LogP contribution in [0.2, 0.25) is 0 Å². The minimum absolute atomic E-state index is 0.0130. The van der Waals surface area contributed by atoms with Gasteiger partial charge < -0.3 is 15.2 Å². The molecule has 0 radical (unpaired) electrons. The fourth-order valence-corrected chi connectivity index (χ4v) is 2.55. The highest BCUT2D eigenvalue weighted by atomic mass is 16.5. The molecule has 1 aliphatic carbocycles. The summed E-state index contributed by atoms with van der Waals surface area (Å²) >= 11 is 0. The number of aliphatic hydroxyl groups is 1. The van der Waals surface area contributed by atoms with Crippen LogP contribution in [0.5, 0.6) is 5.75 Å². The van der Waals surface area contributed by atoms with Crippen molar-refractivity contribution in [1.29, 1.82) is 0 Å². The lowest BCUT2D eigenvalue weighted by Crippen LogP contribution is -2.29. The van der Waals surface area contributed by atoms with Gasteiger partial charge in [-0.2, -0.15) is 0 Å². The molecule has 20 heavy (non-hydrogen) atoms. The molecule has 2 rings (SSSR count). The first-order chi connectivity index (χ1) is 9.63. The molecule has 4 nitrogen and oxygen atoms in total. The van der Waals surface area contributed by atoms with E-state index in [1.165, 1.54) is 0 Å². The van der Waals surface area contributed by atoms with Gasteiger partial charge in [-0.25, -0.2) is 0 Å². The van der Waals surface area contributed by atoms with Gasteiger partial charge in [0.1, 0.15) is 5.75 Å². The largest absolute Gasteiger partial charge is 0.493 e. The molecule has 0 heterocycles. The third kappa shape index (κ3) is 4.85. The lowest BCUT2D eigenvalue weighted by atomic mass is 10.1. The van der Waals surface area contributed by atoms with Crippen LogP contribution < -0.4 is 10.1 Å². The van der Waals surface area contributed by atoms with E-state index in [-0.39, 0.29) is 12.0 Å². The van der Waals surface area contributed by atoms with Crippen molar-refractivity contribution in [2.45, 2.75) is 38.7 Å². The van der Waals surface area contributed by atoms with Gasteiger partial charge in [0, 0.05) is 6.54 Å². The predicted molar refractivity (Wildman–Crippen MR) is 77.6 cm³/mol. The van der Waals surface area contributed by atoms with Crippen molar-refractivity contribution in [2.24, 2.45) is 5.92 Å². The summed E-state index contributed by atoms with van der Waals surface area (Å²) < 4.78 is 5.55. The number of ether oxygens (including phenoxy) is 1. The van der Waals surface area contributed by atoms with E-state index in [9.17, 15) is 9.90 Å². The van der Waals surface area contributed by atoms with Crippen molar-refractivity contribution in [3.05, 3.63) is 29.8 Å². The first-order valence-electron chi connectivity index (χ1n) is 7.27. The number of rotatable bonds is 6. The van der Waals surface area contributed by atoms with Gasteiger partial charge in [-0.15, -0.1) is 0 Å². The van der Waals surface area contributed by atoms with Crippen LogP contribution in [0, 0.1) is 12.8 Å². The Balaban J connectivity index is 1.60. The number of aryl methyl sites for hydroxylation is 1. The standard InChI is InChI=1S/C16H23NO3/c1-12-3-2-4-15(9-12)20-8-7-16(19)17-11-13-5-6-14(18)10-13/h2-4,9,13-14,18H,5-8,10-11H2,1H3,(H,17,19). The molecule has 2 unspecified atom stereocenters. The number of amides is 1. The maximum atomic E-state index is 11.7. The molecule has 0 bridgehead atoms. The molecular weight excluding hydrogens is 254 g/mol. The first-order valence-corrected chi connectivity index (χ1v) is 7.27. The Morgan fingerprint density at radius 3 is 3.00 bits per heavy atom. The molecule has 1 aliphatic rings. The van der Waals surface area contributed by atoms with Crippen LogP contribution in [0.1, 0.15) is 31.2 Å². The van der Waals surface area contributed by atoms with Crippen molar-refractivity contribution in [3.63, 3.8) is 0 Å². The Kier molecular flexibility index (Phi) is 5.41. The lowest BCUT2D eigenvalue weighted by Gasteiger charge is -2.11. The molecular formula is C16H23NO3. The zero-order chi connectivity index (χ0) is 14.4. The number of nitrogens with one attached hydrogen (secondary N) is 1. The average molecular weight is 277 g/mol. The molecule has 0 saturated heterocycles. The smallest absolute Gasteiger partial charge is 0.223 e. The summed E-state index contributed by atoms with van der Waals surface area (Å²) in [6, 6.07) is 7.80. The highest BCUT2D eigenvalue weighted by Gasteiger charge is 2.22. The summed E-state index contributed by atoms with van der Waals surface area (Å²) in [7, 11) is 0. The molecule has 1 fully saturated rings. The average Bonchev–Trinajstić information content (AvgIpc) is 2.82. The van der Waals surface area contributed by atoms with Gasteiger partial charge in [-0.3, -0.25) is 4.79 Å². The van der Waals surface area contributed by atoms with E-state index in [0.29, 0.717) is 25.5 Å². The van der Waals surface area contributed by atoms with E-state index >= 15 is 0 Å². The van der Waals surface area contributed by atoms with E-state index in [0.717, 1.165) is 30.6 Å². The maximum absolute atomic E-state index is 11.7. The zero-order valence-electron chi connectivity index (χ0n) is 12.0. The second-order valence-electron chi connectivity index (χ2n) is 5.55. The second-order valence-corrected chi connectivity index (χ2v) is 5.55. The summed E-state index contributed by atoms with van der Waals surface area (Å²) in [6.07, 6.45) is 2.85. The summed E-state index contributed by atoms with van der Waals surface area (Å²) in [4.78, 5) is 11.7. The molecule has 2 N–H and O–H groups in total. The third-order valence-electron chi connectivity index (χ3n) is 3.69. The number of benzene rings is 1. The third-order valence-corrected chi connectivity index (χ3v) is 3.69. The normalized spacial score (nSPS) is 21.7. The Hall–Kier alpha value is -1.55. The second kappa shape index (κ2) is 7.29. The summed E-state index contributed by atoms with van der Waals surface area (Å²) in [6.45, 7) is 3.07. The monoisotopic (exact) mass is 277 g/mol. The molecule has 110 valence electrons. The van der Waals surface area contributed by atoms with Crippen LogP contribution in [0.4, 0.5) is 0 Å². The number of hydrogen-bond acceptors (Lipinski definition) is 3. The number of carbonyl (C=O) groups excluding carboxylic acids is 1. The quantitative estimate of drug-likeness (QED) is 0.836. The van der Waals surface area contributed by atoms with E-state index in [1.807, 2.05) is 31.2 Å². The highest BCUT2D eigenvalue weighted by Crippen LogP contribution is 2.24. The molecule has 1 saturated carbocycles. The van der Waals surface area contributed by atoms with Gasteiger partial charge in [0.25, 0.3) is 0 Å². The minimum atomic E-state index is -0.179. The highest BCUT2D eigenvalue weighted by molar-refractivity contribution is 5.75. The number of aliphatic hydroxyl groups excluding tert-OH is 1. The predicted octanol–water partition coefficient (Wildman–Crippen LogP) is 2.04. The van der Waals surface area contributed by atoms with Gasteiger partial charge in [0.05, 0.1) is 19.1 Å². The van der Waals surface area contributed by atoms with Crippen LogP contribution in [0.15, 0.2) is 24.3 Å². The van der Waals surface area contributed by atoms with Crippen molar-refractivity contribution < 1.29 is 14.6 Å². The Labute approximate surface area is 120 Å². The molecule has 0 aromatic heterocycles. The van der Waals surface area contributed by atoms with Crippen LogP contribution in [0.3, 0.4) is 0 Å². The van der Waals surface area contributed by atoms with Crippen molar-refractivity contribution in [1.82, 2.24) is 5.32 Å². The van der Waals surface area contributed by atoms with Crippen LogP contribution in [-0.4, -0.2) is 30.3 Å². The minimum Gasteiger partial charge on any atom is -0.493 e. The van der Waals surface area contributed by atoms with Gasteiger partial charge >= 0.3 is 0 Å².